The SMILES string of the molecule is c1ccc(-c2ccc(N(c3ccc(-c4ccc5c(ccc6oc7ccccc7c65)c4)cc3)c3ccc4c(c3)oc3c5ccccc5ccc43)cc2)cc1. The van der Waals surface area contributed by atoms with Crippen molar-refractivity contribution in [3.8, 4) is 22.3 Å². The lowest BCUT2D eigenvalue weighted by Gasteiger charge is -2.26. The first-order chi connectivity index (χ1) is 26.2. The Balaban J connectivity index is 1.01. The second-order valence-electron chi connectivity index (χ2n) is 13.7. The van der Waals surface area contributed by atoms with Crippen LogP contribution in [0.5, 0.6) is 0 Å². The summed E-state index contributed by atoms with van der Waals surface area (Å²) < 4.78 is 12.8. The van der Waals surface area contributed by atoms with Crippen molar-refractivity contribution in [2.75, 3.05) is 4.90 Å². The van der Waals surface area contributed by atoms with Gasteiger partial charge in [-0.25, -0.2) is 0 Å². The number of hydrogen-bond donors (Lipinski definition) is 0. The van der Waals surface area contributed by atoms with E-state index in [1.807, 2.05) is 12.1 Å². The first kappa shape index (κ1) is 29.6. The van der Waals surface area contributed by atoms with E-state index < -0.39 is 0 Å². The van der Waals surface area contributed by atoms with Gasteiger partial charge in [0.2, 0.25) is 0 Å². The normalized spacial score (nSPS) is 11.8. The molecule has 0 spiro atoms. The quantitative estimate of drug-likeness (QED) is 0.182. The molecule has 0 bridgehead atoms. The number of rotatable bonds is 5. The summed E-state index contributed by atoms with van der Waals surface area (Å²) in [6, 6.07) is 66.8. The second-order valence-corrected chi connectivity index (χ2v) is 13.7. The zero-order valence-corrected chi connectivity index (χ0v) is 28.7. The smallest absolute Gasteiger partial charge is 0.143 e. The molecule has 0 aliphatic carbocycles. The molecule has 11 rings (SSSR count). The van der Waals surface area contributed by atoms with E-state index in [1.165, 1.54) is 38.2 Å². The zero-order valence-electron chi connectivity index (χ0n) is 28.7. The van der Waals surface area contributed by atoms with Gasteiger partial charge in [0.25, 0.3) is 0 Å². The lowest BCUT2D eigenvalue weighted by Crippen LogP contribution is -2.09. The largest absolute Gasteiger partial charge is 0.456 e. The third-order valence-electron chi connectivity index (χ3n) is 10.7. The summed E-state index contributed by atoms with van der Waals surface area (Å²) >= 11 is 0. The predicted octanol–water partition coefficient (Wildman–Crippen LogP) is 14.6. The second kappa shape index (κ2) is 11.7. The van der Waals surface area contributed by atoms with Gasteiger partial charge in [-0.3, -0.25) is 0 Å². The number of hydrogen-bond acceptors (Lipinski definition) is 3. The van der Waals surface area contributed by atoms with Gasteiger partial charge in [0, 0.05) is 50.1 Å². The lowest BCUT2D eigenvalue weighted by atomic mass is 9.98. The highest BCUT2D eigenvalue weighted by Crippen LogP contribution is 2.42. The van der Waals surface area contributed by atoms with Crippen molar-refractivity contribution in [1.82, 2.24) is 0 Å². The Morgan fingerprint density at radius 3 is 1.72 bits per heavy atom. The van der Waals surface area contributed by atoms with Gasteiger partial charge >= 0.3 is 0 Å². The Bertz CT molecular complexity index is 3150. The topological polar surface area (TPSA) is 29.5 Å². The third-order valence-corrected chi connectivity index (χ3v) is 10.7. The summed E-state index contributed by atoms with van der Waals surface area (Å²) in [7, 11) is 0. The van der Waals surface area contributed by atoms with E-state index in [0.717, 1.165) is 66.5 Å². The van der Waals surface area contributed by atoms with Crippen molar-refractivity contribution < 1.29 is 8.83 Å². The molecule has 0 aliphatic rings. The first-order valence-electron chi connectivity index (χ1n) is 18.0. The van der Waals surface area contributed by atoms with Crippen LogP contribution >= 0.6 is 0 Å². The lowest BCUT2D eigenvalue weighted by molar-refractivity contribution is 0.669. The summed E-state index contributed by atoms with van der Waals surface area (Å²) in [5, 5.41) is 9.26. The zero-order chi connectivity index (χ0) is 34.9. The van der Waals surface area contributed by atoms with Crippen LogP contribution in [-0.4, -0.2) is 0 Å². The predicted molar refractivity (Wildman–Crippen MR) is 222 cm³/mol. The molecule has 0 fully saturated rings. The maximum absolute atomic E-state index is 6.63. The Morgan fingerprint density at radius 1 is 0.302 bits per heavy atom. The van der Waals surface area contributed by atoms with E-state index in [1.54, 1.807) is 0 Å². The van der Waals surface area contributed by atoms with Crippen LogP contribution in [0.1, 0.15) is 0 Å². The van der Waals surface area contributed by atoms with E-state index in [9.17, 15) is 0 Å². The van der Waals surface area contributed by atoms with Crippen molar-refractivity contribution in [2.24, 2.45) is 0 Å². The van der Waals surface area contributed by atoms with Crippen molar-refractivity contribution in [1.29, 1.82) is 0 Å². The van der Waals surface area contributed by atoms with Crippen LogP contribution in [-0.2, 0) is 0 Å². The molecule has 0 unspecified atom stereocenters. The van der Waals surface area contributed by atoms with Gasteiger partial charge in [-0.05, 0) is 99.1 Å². The molecule has 9 aromatic carbocycles. The van der Waals surface area contributed by atoms with Crippen molar-refractivity contribution in [3.63, 3.8) is 0 Å². The molecule has 0 saturated carbocycles. The van der Waals surface area contributed by atoms with Gasteiger partial charge in [-0.1, -0.05) is 121 Å². The summed E-state index contributed by atoms with van der Waals surface area (Å²) in [6.45, 7) is 0. The molecule has 0 radical (unpaired) electrons. The van der Waals surface area contributed by atoms with Crippen molar-refractivity contribution in [2.45, 2.75) is 0 Å². The molecule has 0 atom stereocenters. The Hall–Kier alpha value is -7.10. The summed E-state index contributed by atoms with van der Waals surface area (Å²) in [5.41, 5.74) is 11.5. The highest BCUT2D eigenvalue weighted by Gasteiger charge is 2.17. The van der Waals surface area contributed by atoms with Crippen LogP contribution in [0.2, 0.25) is 0 Å². The molecule has 248 valence electrons. The van der Waals surface area contributed by atoms with Crippen molar-refractivity contribution in [3.05, 3.63) is 188 Å². The van der Waals surface area contributed by atoms with E-state index in [4.69, 9.17) is 8.83 Å². The standard InChI is InChI=1S/C50H31NO2/c1-2-8-32(9-3-1)33-14-21-38(22-15-33)51(40-25-28-43-44-27-18-35-10-4-5-11-42(35)50(44)53-48(43)31-40)39-23-16-34(17-24-39)36-19-26-41-37(30-36)20-29-47-49(41)45-12-6-7-13-46(45)52-47/h1-31H. The minimum atomic E-state index is 0.868. The van der Waals surface area contributed by atoms with E-state index in [-0.39, 0.29) is 0 Å². The van der Waals surface area contributed by atoms with Gasteiger partial charge in [-0.2, -0.15) is 0 Å². The Kier molecular flexibility index (Phi) is 6.55. The number of benzene rings is 9. The van der Waals surface area contributed by atoms with E-state index >= 15 is 0 Å². The molecule has 2 heterocycles. The molecule has 11 aromatic rings. The van der Waals surface area contributed by atoms with Crippen LogP contribution < -0.4 is 4.90 Å². The minimum absolute atomic E-state index is 0.868. The van der Waals surface area contributed by atoms with Crippen LogP contribution in [0, 0.1) is 0 Å². The fraction of sp³-hybridized carbons (Fsp3) is 0. The highest BCUT2D eigenvalue weighted by molar-refractivity contribution is 6.19. The van der Waals surface area contributed by atoms with E-state index in [0.29, 0.717) is 0 Å². The highest BCUT2D eigenvalue weighted by atomic mass is 16.3. The number of nitrogens with zero attached hydrogens (tertiary/aromatic N) is 1. The molecule has 0 aliphatic heterocycles. The van der Waals surface area contributed by atoms with Crippen LogP contribution in [0.25, 0.3) is 87.7 Å². The average molecular weight is 678 g/mol. The fourth-order valence-electron chi connectivity index (χ4n) is 8.05. The van der Waals surface area contributed by atoms with Crippen LogP contribution in [0.4, 0.5) is 17.1 Å². The maximum atomic E-state index is 6.63. The number of para-hydroxylation sites is 1. The van der Waals surface area contributed by atoms with Gasteiger partial charge in [0.15, 0.2) is 0 Å². The molecule has 0 N–H and O–H groups in total. The molecule has 3 heteroatoms. The van der Waals surface area contributed by atoms with E-state index in [2.05, 4.69) is 181 Å². The molecule has 2 aromatic heterocycles. The number of furan rings is 2. The van der Waals surface area contributed by atoms with Gasteiger partial charge in [0.1, 0.15) is 22.3 Å². The van der Waals surface area contributed by atoms with Gasteiger partial charge in [0.05, 0.1) is 0 Å². The third kappa shape index (κ3) is 4.82. The first-order valence-corrected chi connectivity index (χ1v) is 18.0. The summed E-state index contributed by atoms with van der Waals surface area (Å²) in [6.07, 6.45) is 0. The van der Waals surface area contributed by atoms with Gasteiger partial charge in [-0.15, -0.1) is 0 Å². The molecule has 0 saturated heterocycles. The average Bonchev–Trinajstić information content (AvgIpc) is 3.80. The summed E-state index contributed by atoms with van der Waals surface area (Å²) in [5.74, 6) is 0. The molecule has 0 amide bonds. The maximum Gasteiger partial charge on any atom is 0.143 e. The Morgan fingerprint density at radius 2 is 0.906 bits per heavy atom. The molecular weight excluding hydrogens is 647 g/mol. The van der Waals surface area contributed by atoms with Gasteiger partial charge < -0.3 is 13.7 Å². The molecule has 3 nitrogen and oxygen atoms in total. The monoisotopic (exact) mass is 677 g/mol. The van der Waals surface area contributed by atoms with Crippen LogP contribution in [0.15, 0.2) is 197 Å². The van der Waals surface area contributed by atoms with Crippen LogP contribution in [0.3, 0.4) is 0 Å². The molecular formula is C50H31NO2. The molecule has 53 heavy (non-hydrogen) atoms. The fourth-order valence-corrected chi connectivity index (χ4v) is 8.05. The Labute approximate surface area is 305 Å². The minimum Gasteiger partial charge on any atom is -0.456 e. The number of fused-ring (bicyclic) bond motifs is 10. The summed E-state index contributed by atoms with van der Waals surface area (Å²) in [4.78, 5) is 2.31. The van der Waals surface area contributed by atoms with Crippen molar-refractivity contribution >= 4 is 82.5 Å². The number of anilines is 3.